The molecule has 1 atom stereocenters. The minimum atomic E-state index is -1.06. The minimum absolute atomic E-state index is 0.00511. The molecule has 0 saturated heterocycles. The van der Waals surface area contributed by atoms with Crippen molar-refractivity contribution in [3.63, 3.8) is 0 Å². The number of benzene rings is 2. The fourth-order valence-corrected chi connectivity index (χ4v) is 3.67. The van der Waals surface area contributed by atoms with Crippen LogP contribution in [0.2, 0.25) is 0 Å². The number of methoxy groups -OCH3 is 1. The maximum Gasteiger partial charge on any atom is 0.335 e. The van der Waals surface area contributed by atoms with Crippen molar-refractivity contribution in [2.45, 2.75) is 12.6 Å². The highest BCUT2D eigenvalue weighted by molar-refractivity contribution is 6.15. The molecule has 32 heavy (non-hydrogen) atoms. The van der Waals surface area contributed by atoms with Gasteiger partial charge in [-0.2, -0.15) is 0 Å². The van der Waals surface area contributed by atoms with Crippen LogP contribution in [-0.2, 0) is 11.3 Å². The summed E-state index contributed by atoms with van der Waals surface area (Å²) in [4.78, 5) is 38.6. The maximum atomic E-state index is 13.1. The summed E-state index contributed by atoms with van der Waals surface area (Å²) in [6.45, 7) is 0.0500. The summed E-state index contributed by atoms with van der Waals surface area (Å²) in [5.41, 5.74) is 1.27. The monoisotopic (exact) mass is 433 g/mol. The minimum Gasteiger partial charge on any atom is -0.503 e. The molecule has 1 aromatic heterocycles. The second-order valence-corrected chi connectivity index (χ2v) is 7.18. The van der Waals surface area contributed by atoms with Crippen LogP contribution in [0.25, 0.3) is 0 Å². The van der Waals surface area contributed by atoms with Gasteiger partial charge in [0.1, 0.15) is 5.75 Å². The normalized spacial score (nSPS) is 15.8. The lowest BCUT2D eigenvalue weighted by atomic mass is 9.94. The van der Waals surface area contributed by atoms with E-state index in [9.17, 15) is 19.5 Å². The number of ether oxygens (including phenoxy) is 1. The number of carboxylic acid groups (broad SMARTS) is 1. The Bertz CT molecular complexity index is 1190. The predicted octanol–water partition coefficient (Wildman–Crippen LogP) is 3.76. The first kappa shape index (κ1) is 20.9. The zero-order chi connectivity index (χ0) is 22.8. The molecule has 1 unspecified atom stereocenters. The number of carbonyl (C=O) groups excluding carboxylic acids is 2. The lowest BCUT2D eigenvalue weighted by Gasteiger charge is -2.27. The van der Waals surface area contributed by atoms with Gasteiger partial charge in [0.05, 0.1) is 30.6 Å². The third-order valence-electron chi connectivity index (χ3n) is 5.28. The van der Waals surface area contributed by atoms with E-state index < -0.39 is 29.5 Å². The van der Waals surface area contributed by atoms with Crippen LogP contribution in [0.4, 0.5) is 0 Å². The number of carbonyl (C=O) groups is 3. The fourth-order valence-electron chi connectivity index (χ4n) is 3.67. The molecule has 0 aliphatic carbocycles. The SMILES string of the molecule is COc1ccc(C2C(C(=O)c3ccco3)=C(O)C(=O)N2Cc2ccc(C(=O)O)cc2)cc1. The average molecular weight is 433 g/mol. The predicted molar refractivity (Wildman–Crippen MR) is 112 cm³/mol. The van der Waals surface area contributed by atoms with Gasteiger partial charge in [0, 0.05) is 6.54 Å². The first-order valence-corrected chi connectivity index (χ1v) is 9.69. The summed E-state index contributed by atoms with van der Waals surface area (Å²) in [6, 6.07) is 15.0. The third kappa shape index (κ3) is 3.74. The molecule has 4 rings (SSSR count). The van der Waals surface area contributed by atoms with E-state index in [1.54, 1.807) is 42.5 Å². The van der Waals surface area contributed by atoms with Gasteiger partial charge in [-0.25, -0.2) is 4.79 Å². The fraction of sp³-hybridized carbons (Fsp3) is 0.125. The average Bonchev–Trinajstić information content (AvgIpc) is 3.42. The van der Waals surface area contributed by atoms with Gasteiger partial charge in [-0.05, 0) is 47.5 Å². The van der Waals surface area contributed by atoms with E-state index in [1.807, 2.05) is 0 Å². The molecule has 162 valence electrons. The van der Waals surface area contributed by atoms with Crippen LogP contribution in [0.1, 0.15) is 38.1 Å². The highest BCUT2D eigenvalue weighted by Crippen LogP contribution is 2.40. The van der Waals surface area contributed by atoms with Crippen LogP contribution >= 0.6 is 0 Å². The number of aromatic carboxylic acids is 1. The molecule has 0 spiro atoms. The van der Waals surface area contributed by atoms with Crippen LogP contribution in [-0.4, -0.2) is 39.9 Å². The highest BCUT2D eigenvalue weighted by Gasteiger charge is 2.44. The number of rotatable bonds is 7. The zero-order valence-electron chi connectivity index (χ0n) is 17.0. The Kier molecular flexibility index (Phi) is 5.51. The van der Waals surface area contributed by atoms with Crippen molar-refractivity contribution >= 4 is 17.7 Å². The van der Waals surface area contributed by atoms with Crippen molar-refractivity contribution in [1.82, 2.24) is 4.90 Å². The Morgan fingerprint density at radius 1 is 1.06 bits per heavy atom. The molecule has 0 saturated carbocycles. The Balaban J connectivity index is 1.75. The van der Waals surface area contributed by atoms with E-state index in [2.05, 4.69) is 0 Å². The molecule has 1 aliphatic rings. The molecule has 2 N–H and O–H groups in total. The number of hydrogen-bond acceptors (Lipinski definition) is 6. The molecular formula is C24H19NO7. The van der Waals surface area contributed by atoms with Gasteiger partial charge in [0.25, 0.3) is 5.91 Å². The summed E-state index contributed by atoms with van der Waals surface area (Å²) in [6.07, 6.45) is 1.34. The number of aliphatic hydroxyl groups excluding tert-OH is 1. The van der Waals surface area contributed by atoms with Crippen molar-refractivity contribution in [3.05, 3.63) is 101 Å². The quantitative estimate of drug-likeness (QED) is 0.545. The number of Topliss-reactive ketones (excluding diaryl/α,β-unsaturated/α-hetero) is 1. The van der Waals surface area contributed by atoms with E-state index in [0.717, 1.165) is 0 Å². The summed E-state index contributed by atoms with van der Waals surface area (Å²) in [7, 11) is 1.53. The Hall–Kier alpha value is -4.33. The van der Waals surface area contributed by atoms with Crippen molar-refractivity contribution in [1.29, 1.82) is 0 Å². The molecule has 8 nitrogen and oxygen atoms in total. The Morgan fingerprint density at radius 3 is 2.31 bits per heavy atom. The van der Waals surface area contributed by atoms with Gasteiger partial charge in [0.15, 0.2) is 11.5 Å². The van der Waals surface area contributed by atoms with E-state index in [4.69, 9.17) is 14.3 Å². The number of ketones is 1. The maximum absolute atomic E-state index is 13.1. The molecule has 0 radical (unpaired) electrons. The van der Waals surface area contributed by atoms with Gasteiger partial charge in [-0.1, -0.05) is 24.3 Å². The third-order valence-corrected chi connectivity index (χ3v) is 5.28. The first-order valence-electron chi connectivity index (χ1n) is 9.69. The zero-order valence-corrected chi connectivity index (χ0v) is 17.0. The summed E-state index contributed by atoms with van der Waals surface area (Å²) in [5, 5.41) is 19.7. The summed E-state index contributed by atoms with van der Waals surface area (Å²) < 4.78 is 10.4. The topological polar surface area (TPSA) is 117 Å². The number of amides is 1. The second kappa shape index (κ2) is 8.43. The first-order chi connectivity index (χ1) is 15.4. The molecule has 2 aromatic carbocycles. The van der Waals surface area contributed by atoms with Crippen LogP contribution in [0, 0.1) is 0 Å². The molecule has 3 aromatic rings. The Morgan fingerprint density at radius 2 is 1.75 bits per heavy atom. The van der Waals surface area contributed by atoms with Crippen LogP contribution in [0.15, 0.2) is 82.7 Å². The van der Waals surface area contributed by atoms with Crippen molar-refractivity contribution < 1.29 is 33.8 Å². The van der Waals surface area contributed by atoms with E-state index >= 15 is 0 Å². The van der Waals surface area contributed by atoms with Crippen LogP contribution in [0.3, 0.4) is 0 Å². The number of furan rings is 1. The highest BCUT2D eigenvalue weighted by atomic mass is 16.5. The van der Waals surface area contributed by atoms with E-state index in [1.165, 1.54) is 36.5 Å². The van der Waals surface area contributed by atoms with E-state index in [-0.39, 0.29) is 23.4 Å². The summed E-state index contributed by atoms with van der Waals surface area (Å²) in [5.74, 6) is -2.40. The van der Waals surface area contributed by atoms with Crippen molar-refractivity contribution in [2.24, 2.45) is 0 Å². The second-order valence-electron chi connectivity index (χ2n) is 7.18. The van der Waals surface area contributed by atoms with E-state index in [0.29, 0.717) is 16.9 Å². The van der Waals surface area contributed by atoms with Gasteiger partial charge >= 0.3 is 5.97 Å². The van der Waals surface area contributed by atoms with Gasteiger partial charge in [0.2, 0.25) is 5.78 Å². The molecule has 2 heterocycles. The molecule has 1 amide bonds. The number of nitrogens with zero attached hydrogens (tertiary/aromatic N) is 1. The number of aliphatic hydroxyl groups is 1. The Labute approximate surface area is 183 Å². The number of carboxylic acids is 1. The van der Waals surface area contributed by atoms with Gasteiger partial charge in [-0.3, -0.25) is 9.59 Å². The lowest BCUT2D eigenvalue weighted by molar-refractivity contribution is -0.130. The molecular weight excluding hydrogens is 414 g/mol. The van der Waals surface area contributed by atoms with Gasteiger partial charge < -0.3 is 24.3 Å². The van der Waals surface area contributed by atoms with Crippen LogP contribution < -0.4 is 4.74 Å². The molecule has 1 aliphatic heterocycles. The van der Waals surface area contributed by atoms with Crippen LogP contribution in [0.5, 0.6) is 5.75 Å². The smallest absolute Gasteiger partial charge is 0.335 e. The lowest BCUT2D eigenvalue weighted by Crippen LogP contribution is -2.30. The largest absolute Gasteiger partial charge is 0.503 e. The van der Waals surface area contributed by atoms with Gasteiger partial charge in [-0.15, -0.1) is 0 Å². The number of hydrogen-bond donors (Lipinski definition) is 2. The van der Waals surface area contributed by atoms with Crippen molar-refractivity contribution in [3.8, 4) is 5.75 Å². The molecule has 8 heteroatoms. The molecule has 0 bridgehead atoms. The van der Waals surface area contributed by atoms with Crippen molar-refractivity contribution in [2.75, 3.05) is 7.11 Å². The molecule has 0 fully saturated rings. The standard InChI is InChI=1S/C24H19NO7/c1-31-17-10-8-15(9-11-17)20-19(21(26)18-3-2-12-32-18)22(27)23(28)25(20)13-14-4-6-16(7-5-14)24(29)30/h2-12,20,27H,13H2,1H3,(H,29,30). The summed E-state index contributed by atoms with van der Waals surface area (Å²) >= 11 is 0.